The van der Waals surface area contributed by atoms with Crippen LogP contribution in [0, 0.1) is 6.92 Å². The van der Waals surface area contributed by atoms with Gasteiger partial charge in [0.1, 0.15) is 10.1 Å². The minimum atomic E-state index is -4.49. The van der Waals surface area contributed by atoms with Crippen molar-refractivity contribution >= 4 is 37.2 Å². The van der Waals surface area contributed by atoms with Gasteiger partial charge >= 0.3 is 0 Å². The molecule has 0 unspecified atom stereocenters. The summed E-state index contributed by atoms with van der Waals surface area (Å²) in [4.78, 5) is 1.72. The van der Waals surface area contributed by atoms with Crippen LogP contribution in [0.5, 0.6) is 0 Å². The summed E-state index contributed by atoms with van der Waals surface area (Å²) in [6.07, 6.45) is 1.13. The molecule has 0 spiro atoms. The van der Waals surface area contributed by atoms with E-state index in [-0.39, 0.29) is 4.90 Å². The van der Waals surface area contributed by atoms with Crippen LogP contribution >= 0.6 is 0 Å². The molecule has 0 fully saturated rings. The van der Waals surface area contributed by atoms with Gasteiger partial charge in [0.2, 0.25) is 10.0 Å². The lowest BCUT2D eigenvalue weighted by Crippen LogP contribution is -2.34. The van der Waals surface area contributed by atoms with Crippen LogP contribution in [0.2, 0.25) is 0 Å². The summed E-state index contributed by atoms with van der Waals surface area (Å²) in [5.41, 5.74) is 2.87. The lowest BCUT2D eigenvalue weighted by Gasteiger charge is -2.23. The van der Waals surface area contributed by atoms with E-state index in [1.54, 1.807) is 6.07 Å². The molecule has 0 atom stereocenters. The summed E-state index contributed by atoms with van der Waals surface area (Å²) in [6, 6.07) is 10.8. The first-order chi connectivity index (χ1) is 13.5. The molecule has 0 aromatic heterocycles. The van der Waals surface area contributed by atoms with Gasteiger partial charge in [-0.2, -0.15) is 10.2 Å². The van der Waals surface area contributed by atoms with Gasteiger partial charge in [0.25, 0.3) is 0 Å². The van der Waals surface area contributed by atoms with Crippen LogP contribution < -0.4 is 9.62 Å². The number of benzene rings is 2. The molecular formula is C18H23N4O5S2-. The van der Waals surface area contributed by atoms with Crippen LogP contribution in [-0.2, 0) is 20.1 Å². The third kappa shape index (κ3) is 7.20. The number of rotatable bonds is 9. The second-order valence-corrected chi connectivity index (χ2v) is 9.58. The van der Waals surface area contributed by atoms with Crippen molar-refractivity contribution in [3.8, 4) is 0 Å². The molecular weight excluding hydrogens is 416 g/mol. The van der Waals surface area contributed by atoms with E-state index in [2.05, 4.69) is 15.0 Å². The highest BCUT2D eigenvalue weighted by Gasteiger charge is 2.08. The largest absolute Gasteiger partial charge is 0.744 e. The Morgan fingerprint density at radius 1 is 1.03 bits per heavy atom. The maximum Gasteiger partial charge on any atom is 0.208 e. The number of likely N-dealkylation sites (N-methyl/N-ethyl adjacent to an activating group) is 1. The lowest BCUT2D eigenvalue weighted by molar-refractivity contribution is 0.463. The van der Waals surface area contributed by atoms with Gasteiger partial charge in [0.05, 0.1) is 22.5 Å². The fourth-order valence-corrected chi connectivity index (χ4v) is 3.51. The Morgan fingerprint density at radius 2 is 1.69 bits per heavy atom. The zero-order valence-corrected chi connectivity index (χ0v) is 18.0. The second-order valence-electron chi connectivity index (χ2n) is 6.36. The van der Waals surface area contributed by atoms with Gasteiger partial charge in [-0.05, 0) is 61.9 Å². The Labute approximate surface area is 171 Å². The van der Waals surface area contributed by atoms with Crippen molar-refractivity contribution in [2.45, 2.75) is 18.7 Å². The zero-order valence-electron chi connectivity index (χ0n) is 16.4. The summed E-state index contributed by atoms with van der Waals surface area (Å²) in [7, 11) is -7.71. The van der Waals surface area contributed by atoms with Crippen molar-refractivity contribution in [2.24, 2.45) is 10.2 Å². The van der Waals surface area contributed by atoms with Gasteiger partial charge < -0.3 is 9.45 Å². The molecule has 0 amide bonds. The number of anilines is 1. The third-order valence-electron chi connectivity index (χ3n) is 4.07. The molecule has 1 N–H and O–H groups in total. The molecule has 0 saturated heterocycles. The first-order valence-corrected chi connectivity index (χ1v) is 12.1. The fraction of sp³-hybridized carbons (Fsp3) is 0.333. The van der Waals surface area contributed by atoms with E-state index in [9.17, 15) is 21.4 Å². The summed E-state index contributed by atoms with van der Waals surface area (Å²) in [5.74, 6) is 0. The standard InChI is InChI=1S/C18H24N4O5S2/c1-4-22(12-11-19-28(3,23)24)16-7-10-18(14(2)13-16)21-20-15-5-8-17(9-6-15)29(25,26)27/h5-10,13,19H,4,11-12H2,1-3H3,(H,25,26,27)/p-1. The van der Waals surface area contributed by atoms with Crippen molar-refractivity contribution in [3.05, 3.63) is 48.0 Å². The molecule has 0 aliphatic heterocycles. The van der Waals surface area contributed by atoms with Crippen LogP contribution in [0.4, 0.5) is 17.1 Å². The first kappa shape index (κ1) is 22.9. The zero-order chi connectivity index (χ0) is 21.7. The average Bonchev–Trinajstić information content (AvgIpc) is 2.63. The Morgan fingerprint density at radius 3 is 2.21 bits per heavy atom. The molecule has 0 saturated carbocycles. The maximum absolute atomic E-state index is 11.2. The van der Waals surface area contributed by atoms with Crippen LogP contribution in [0.1, 0.15) is 12.5 Å². The number of nitrogens with one attached hydrogen (secondary N) is 1. The molecule has 0 aliphatic rings. The minimum Gasteiger partial charge on any atom is -0.744 e. The quantitative estimate of drug-likeness (QED) is 0.472. The van der Waals surface area contributed by atoms with Crippen LogP contribution in [0.15, 0.2) is 57.6 Å². The molecule has 158 valence electrons. The van der Waals surface area contributed by atoms with Crippen molar-refractivity contribution < 1.29 is 21.4 Å². The lowest BCUT2D eigenvalue weighted by atomic mass is 10.1. The highest BCUT2D eigenvalue weighted by molar-refractivity contribution is 7.88. The Bertz CT molecular complexity index is 1080. The van der Waals surface area contributed by atoms with E-state index in [0.29, 0.717) is 31.0 Å². The van der Waals surface area contributed by atoms with Gasteiger partial charge in [0.15, 0.2) is 0 Å². The highest BCUT2D eigenvalue weighted by Crippen LogP contribution is 2.27. The van der Waals surface area contributed by atoms with E-state index in [1.165, 1.54) is 24.3 Å². The molecule has 2 aromatic rings. The Hall–Kier alpha value is -2.34. The molecule has 0 bridgehead atoms. The van der Waals surface area contributed by atoms with Crippen LogP contribution in [-0.4, -0.2) is 47.3 Å². The van der Waals surface area contributed by atoms with E-state index in [1.807, 2.05) is 30.9 Å². The number of hydrogen-bond donors (Lipinski definition) is 1. The van der Waals surface area contributed by atoms with Crippen molar-refractivity contribution in [2.75, 3.05) is 30.8 Å². The normalized spacial score (nSPS) is 12.4. The number of sulfonamides is 1. The SMILES string of the molecule is CCN(CCNS(C)(=O)=O)c1ccc(N=Nc2ccc(S(=O)(=O)[O-])cc2)c(C)c1. The van der Waals surface area contributed by atoms with Gasteiger partial charge in [-0.3, -0.25) is 0 Å². The van der Waals surface area contributed by atoms with Crippen molar-refractivity contribution in [1.82, 2.24) is 4.72 Å². The minimum absolute atomic E-state index is 0.308. The molecule has 2 rings (SSSR count). The molecule has 29 heavy (non-hydrogen) atoms. The fourth-order valence-electron chi connectivity index (χ4n) is 2.58. The summed E-state index contributed by atoms with van der Waals surface area (Å²) in [5, 5.41) is 8.25. The van der Waals surface area contributed by atoms with Gasteiger partial charge in [-0.25, -0.2) is 21.6 Å². The van der Waals surface area contributed by atoms with Crippen LogP contribution in [0.25, 0.3) is 0 Å². The maximum atomic E-state index is 11.2. The highest BCUT2D eigenvalue weighted by atomic mass is 32.2. The van der Waals surface area contributed by atoms with E-state index < -0.39 is 20.1 Å². The third-order valence-corrected chi connectivity index (χ3v) is 5.65. The topological polar surface area (TPSA) is 131 Å². The predicted octanol–water partition coefficient (Wildman–Crippen LogP) is 2.69. The van der Waals surface area contributed by atoms with Crippen LogP contribution in [0.3, 0.4) is 0 Å². The molecule has 0 radical (unpaired) electrons. The molecule has 0 aliphatic carbocycles. The molecule has 9 nitrogen and oxygen atoms in total. The Balaban J connectivity index is 2.11. The number of aryl methyl sites for hydroxylation is 1. The summed E-state index contributed by atoms with van der Waals surface area (Å²) >= 11 is 0. The molecule has 0 heterocycles. The summed E-state index contributed by atoms with van der Waals surface area (Å²) < 4.78 is 57.7. The van der Waals surface area contributed by atoms with Gasteiger partial charge in [-0.1, -0.05) is 0 Å². The Kier molecular flexibility index (Phi) is 7.47. The predicted molar refractivity (Wildman–Crippen MR) is 110 cm³/mol. The monoisotopic (exact) mass is 439 g/mol. The summed E-state index contributed by atoms with van der Waals surface area (Å²) in [6.45, 7) is 5.41. The number of nitrogens with zero attached hydrogens (tertiary/aromatic N) is 3. The second kappa shape index (κ2) is 9.44. The smallest absolute Gasteiger partial charge is 0.208 e. The average molecular weight is 440 g/mol. The van der Waals surface area contributed by atoms with E-state index in [4.69, 9.17) is 0 Å². The van der Waals surface area contributed by atoms with Crippen molar-refractivity contribution in [1.29, 1.82) is 0 Å². The molecule has 11 heteroatoms. The van der Waals surface area contributed by atoms with Gasteiger partial charge in [-0.15, -0.1) is 0 Å². The van der Waals surface area contributed by atoms with Crippen molar-refractivity contribution in [3.63, 3.8) is 0 Å². The number of hydrogen-bond acceptors (Lipinski definition) is 8. The first-order valence-electron chi connectivity index (χ1n) is 8.77. The van der Waals surface area contributed by atoms with E-state index >= 15 is 0 Å². The van der Waals surface area contributed by atoms with E-state index in [0.717, 1.165) is 17.5 Å². The van der Waals surface area contributed by atoms with Gasteiger partial charge in [0, 0.05) is 25.3 Å². The molecule has 2 aromatic carbocycles. The number of azo groups is 1.